The third-order valence-electron chi connectivity index (χ3n) is 3.34. The molecule has 140 valence electrons. The van der Waals surface area contributed by atoms with Crippen molar-refractivity contribution in [3.63, 3.8) is 0 Å². The molecule has 2 aromatic rings. The number of nitrogens with one attached hydrogen (secondary N) is 2. The number of phenolic OH excluding ortho intramolecular Hbond substituents is 1. The number of rotatable bonds is 7. The Morgan fingerprint density at radius 3 is 2.59 bits per heavy atom. The van der Waals surface area contributed by atoms with Crippen molar-refractivity contribution in [1.82, 2.24) is 5.43 Å². The van der Waals surface area contributed by atoms with Crippen LogP contribution in [0.3, 0.4) is 0 Å². The van der Waals surface area contributed by atoms with Crippen LogP contribution in [-0.4, -0.2) is 28.1 Å². The van der Waals surface area contributed by atoms with E-state index < -0.39 is 10.8 Å². The van der Waals surface area contributed by atoms with Gasteiger partial charge in [0.15, 0.2) is 0 Å². The van der Waals surface area contributed by atoms with Gasteiger partial charge in [-0.1, -0.05) is 12.1 Å². The monoisotopic (exact) mass is 434 g/mol. The van der Waals surface area contributed by atoms with Crippen LogP contribution in [0.2, 0.25) is 0 Å². The van der Waals surface area contributed by atoms with Crippen LogP contribution < -0.4 is 10.7 Å². The lowest BCUT2D eigenvalue weighted by Crippen LogP contribution is -2.20. The first-order valence-corrected chi connectivity index (χ1v) is 8.50. The van der Waals surface area contributed by atoms with Crippen LogP contribution >= 0.6 is 15.9 Å². The van der Waals surface area contributed by atoms with Gasteiger partial charge in [0.25, 0.3) is 5.69 Å². The fourth-order valence-corrected chi connectivity index (χ4v) is 2.37. The van der Waals surface area contributed by atoms with Gasteiger partial charge in [0.2, 0.25) is 11.8 Å². The number of anilines is 1. The van der Waals surface area contributed by atoms with Crippen molar-refractivity contribution in [3.8, 4) is 5.75 Å². The van der Waals surface area contributed by atoms with Crippen LogP contribution in [0.1, 0.15) is 18.4 Å². The summed E-state index contributed by atoms with van der Waals surface area (Å²) in [6, 6.07) is 10.5. The number of amides is 2. The molecule has 0 spiro atoms. The van der Waals surface area contributed by atoms with Crippen molar-refractivity contribution in [3.05, 3.63) is 62.6 Å². The molecule has 0 atom stereocenters. The number of non-ortho nitro benzene ring substituents is 1. The minimum Gasteiger partial charge on any atom is -0.507 e. The van der Waals surface area contributed by atoms with Crippen molar-refractivity contribution in [1.29, 1.82) is 0 Å². The number of nitrogens with zero attached hydrogens (tertiary/aromatic N) is 2. The summed E-state index contributed by atoms with van der Waals surface area (Å²) in [4.78, 5) is 33.7. The maximum absolute atomic E-state index is 11.9. The van der Waals surface area contributed by atoms with E-state index in [1.165, 1.54) is 0 Å². The molecule has 0 aliphatic rings. The molecule has 2 amide bonds. The Morgan fingerprint density at radius 1 is 1.19 bits per heavy atom. The number of para-hydroxylation sites is 1. The molecule has 0 saturated heterocycles. The van der Waals surface area contributed by atoms with Gasteiger partial charge in [0, 0.05) is 35.0 Å². The third kappa shape index (κ3) is 6.19. The summed E-state index contributed by atoms with van der Waals surface area (Å²) in [5, 5.41) is 26.7. The van der Waals surface area contributed by atoms with Crippen LogP contribution in [0.15, 0.2) is 52.0 Å². The Balaban J connectivity index is 1.83. The minimum absolute atomic E-state index is 0.0508. The first kappa shape index (κ1) is 20.0. The molecule has 27 heavy (non-hydrogen) atoms. The molecule has 0 aliphatic carbocycles. The number of hydrogen-bond acceptors (Lipinski definition) is 6. The summed E-state index contributed by atoms with van der Waals surface area (Å²) in [6.45, 7) is 0. The van der Waals surface area contributed by atoms with Gasteiger partial charge in [0.05, 0.1) is 16.8 Å². The Morgan fingerprint density at radius 2 is 1.89 bits per heavy atom. The van der Waals surface area contributed by atoms with Crippen LogP contribution in [0.5, 0.6) is 5.75 Å². The Hall–Kier alpha value is -3.27. The van der Waals surface area contributed by atoms with Gasteiger partial charge in [-0.05, 0) is 34.1 Å². The Kier molecular flexibility index (Phi) is 7.00. The van der Waals surface area contributed by atoms with E-state index in [9.17, 15) is 24.8 Å². The number of carbonyl (C=O) groups excluding carboxylic acids is 2. The van der Waals surface area contributed by atoms with E-state index in [1.54, 1.807) is 18.2 Å². The molecular weight excluding hydrogens is 420 g/mol. The average Bonchev–Trinajstić information content (AvgIpc) is 2.63. The predicted octanol–water partition coefficient (Wildman–Crippen LogP) is 2.93. The van der Waals surface area contributed by atoms with E-state index in [2.05, 4.69) is 31.8 Å². The number of halogens is 1. The second-order valence-corrected chi connectivity index (χ2v) is 6.18. The lowest BCUT2D eigenvalue weighted by molar-refractivity contribution is -0.384. The molecule has 0 bridgehead atoms. The van der Waals surface area contributed by atoms with Crippen LogP contribution in [-0.2, 0) is 9.59 Å². The van der Waals surface area contributed by atoms with E-state index in [0.717, 1.165) is 28.9 Å². The van der Waals surface area contributed by atoms with Gasteiger partial charge in [-0.15, -0.1) is 0 Å². The van der Waals surface area contributed by atoms with Crippen LogP contribution in [0, 0.1) is 10.1 Å². The lowest BCUT2D eigenvalue weighted by atomic mass is 10.2. The number of carbonyl (C=O) groups is 2. The smallest absolute Gasteiger partial charge is 0.270 e. The second-order valence-electron chi connectivity index (χ2n) is 5.32. The van der Waals surface area contributed by atoms with Crippen molar-refractivity contribution < 1.29 is 19.6 Å². The molecule has 0 aliphatic heterocycles. The number of aromatic hydroxyl groups is 1. The first-order valence-electron chi connectivity index (χ1n) is 7.70. The molecule has 0 radical (unpaired) electrons. The highest BCUT2D eigenvalue weighted by atomic mass is 79.9. The molecular formula is C17H15BrN4O5. The summed E-state index contributed by atoms with van der Waals surface area (Å²) in [5.74, 6) is -1.07. The number of hydrogen-bond donors (Lipinski definition) is 3. The van der Waals surface area contributed by atoms with E-state index >= 15 is 0 Å². The van der Waals surface area contributed by atoms with Gasteiger partial charge >= 0.3 is 0 Å². The maximum atomic E-state index is 11.9. The number of phenols is 1. The summed E-state index contributed by atoms with van der Waals surface area (Å²) >= 11 is 3.31. The summed E-state index contributed by atoms with van der Waals surface area (Å²) in [5.41, 5.74) is 2.66. The lowest BCUT2D eigenvalue weighted by Gasteiger charge is -2.06. The largest absolute Gasteiger partial charge is 0.507 e. The molecule has 2 aromatic carbocycles. The van der Waals surface area contributed by atoms with E-state index in [-0.39, 0.29) is 35.7 Å². The first-order chi connectivity index (χ1) is 12.9. The molecule has 0 saturated carbocycles. The zero-order valence-corrected chi connectivity index (χ0v) is 15.5. The number of nitro groups is 1. The number of nitro benzene ring substituents is 1. The van der Waals surface area contributed by atoms with Gasteiger partial charge in [-0.2, -0.15) is 5.10 Å². The van der Waals surface area contributed by atoms with E-state index in [4.69, 9.17) is 0 Å². The van der Waals surface area contributed by atoms with Crippen molar-refractivity contribution in [2.75, 3.05) is 5.32 Å². The summed E-state index contributed by atoms with van der Waals surface area (Å²) in [6.07, 6.45) is 0.931. The fraction of sp³-hybridized carbons (Fsp3) is 0.118. The number of benzene rings is 2. The Bertz CT molecular complexity index is 901. The van der Waals surface area contributed by atoms with Crippen molar-refractivity contribution in [2.45, 2.75) is 12.8 Å². The zero-order chi connectivity index (χ0) is 19.8. The average molecular weight is 435 g/mol. The summed E-state index contributed by atoms with van der Waals surface area (Å²) < 4.78 is 0.726. The molecule has 0 aromatic heterocycles. The highest BCUT2D eigenvalue weighted by Gasteiger charge is 2.10. The molecule has 9 nitrogen and oxygen atoms in total. The summed E-state index contributed by atoms with van der Waals surface area (Å²) in [7, 11) is 0. The quantitative estimate of drug-likeness (QED) is 0.349. The molecule has 10 heteroatoms. The molecule has 2 rings (SSSR count). The topological polar surface area (TPSA) is 134 Å². The molecule has 0 unspecified atom stereocenters. The second kappa shape index (κ2) is 9.43. The predicted molar refractivity (Wildman–Crippen MR) is 103 cm³/mol. The van der Waals surface area contributed by atoms with Gasteiger partial charge in [0.1, 0.15) is 5.75 Å². The van der Waals surface area contributed by atoms with E-state index in [1.807, 2.05) is 6.07 Å². The maximum Gasteiger partial charge on any atom is 0.270 e. The third-order valence-corrected chi connectivity index (χ3v) is 4.03. The Labute approximate surface area is 162 Å². The SMILES string of the molecule is O=C(CCC(=O)Nc1ccccc1Br)N/N=C/c1cc([N+](=O)[O-])ccc1O. The van der Waals surface area contributed by atoms with Gasteiger partial charge in [-0.3, -0.25) is 19.7 Å². The molecule has 0 fully saturated rings. The number of hydrazone groups is 1. The molecule has 0 heterocycles. The van der Waals surface area contributed by atoms with Crippen molar-refractivity contribution >= 4 is 45.3 Å². The van der Waals surface area contributed by atoms with Gasteiger partial charge < -0.3 is 10.4 Å². The molecule has 3 N–H and O–H groups in total. The van der Waals surface area contributed by atoms with Crippen LogP contribution in [0.4, 0.5) is 11.4 Å². The van der Waals surface area contributed by atoms with Crippen LogP contribution in [0.25, 0.3) is 0 Å². The minimum atomic E-state index is -0.612. The standard InChI is InChI=1S/C17H15BrN4O5/c18-13-3-1-2-4-14(13)20-16(24)7-8-17(25)21-19-10-11-9-12(22(26)27)5-6-15(11)23/h1-6,9-10,23H,7-8H2,(H,20,24)(H,21,25)/b19-10+. The highest BCUT2D eigenvalue weighted by Crippen LogP contribution is 2.22. The highest BCUT2D eigenvalue weighted by molar-refractivity contribution is 9.10. The fourth-order valence-electron chi connectivity index (χ4n) is 1.99. The van der Waals surface area contributed by atoms with E-state index in [0.29, 0.717) is 5.69 Å². The zero-order valence-electron chi connectivity index (χ0n) is 13.9. The van der Waals surface area contributed by atoms with Crippen molar-refractivity contribution in [2.24, 2.45) is 5.10 Å². The normalized spacial score (nSPS) is 10.6. The van der Waals surface area contributed by atoms with Gasteiger partial charge in [-0.25, -0.2) is 5.43 Å².